The second-order valence-corrected chi connectivity index (χ2v) is 7.65. The van der Waals surface area contributed by atoms with Gasteiger partial charge in [0.2, 0.25) is 5.91 Å². The highest BCUT2D eigenvalue weighted by atomic mass is 32.2. The highest BCUT2D eigenvalue weighted by molar-refractivity contribution is 8.00. The fourth-order valence-electron chi connectivity index (χ4n) is 2.08. The Kier molecular flexibility index (Phi) is 4.57. The van der Waals surface area contributed by atoms with Crippen LogP contribution in [0.4, 0.5) is 0 Å². The minimum Gasteiger partial charge on any atom is -0.351 e. The average Bonchev–Trinajstić information content (AvgIpc) is 2.36. The first-order chi connectivity index (χ1) is 9.76. The molecular formula is C17H22N2OS. The van der Waals surface area contributed by atoms with Gasteiger partial charge in [0.15, 0.2) is 0 Å². The van der Waals surface area contributed by atoms with Crippen molar-refractivity contribution in [2.24, 2.45) is 0 Å². The van der Waals surface area contributed by atoms with Crippen molar-refractivity contribution in [3.05, 3.63) is 35.9 Å². The maximum absolute atomic E-state index is 12.2. The highest BCUT2D eigenvalue weighted by Crippen LogP contribution is 2.26. The Hall–Kier alpha value is -1.55. The van der Waals surface area contributed by atoms with E-state index in [0.29, 0.717) is 0 Å². The van der Waals surface area contributed by atoms with Crippen LogP contribution in [0.3, 0.4) is 0 Å². The number of aryl methyl sites for hydroxylation is 1. The van der Waals surface area contributed by atoms with Crippen molar-refractivity contribution < 1.29 is 4.79 Å². The molecule has 0 radical (unpaired) electrons. The Morgan fingerprint density at radius 1 is 1.29 bits per heavy atom. The normalized spacial score (nSPS) is 13.2. The Morgan fingerprint density at radius 2 is 1.95 bits per heavy atom. The van der Waals surface area contributed by atoms with Crippen molar-refractivity contribution in [1.29, 1.82) is 0 Å². The average molecular weight is 302 g/mol. The first kappa shape index (κ1) is 15.8. The molecule has 1 N–H and O–H groups in total. The smallest absolute Gasteiger partial charge is 0.233 e. The number of hydrogen-bond acceptors (Lipinski definition) is 3. The molecular weight excluding hydrogens is 280 g/mol. The van der Waals surface area contributed by atoms with Crippen LogP contribution in [-0.4, -0.2) is 21.7 Å². The monoisotopic (exact) mass is 302 g/mol. The van der Waals surface area contributed by atoms with Crippen LogP contribution in [0.5, 0.6) is 0 Å². The summed E-state index contributed by atoms with van der Waals surface area (Å²) in [6.07, 6.45) is 0. The zero-order valence-corrected chi connectivity index (χ0v) is 14.0. The van der Waals surface area contributed by atoms with E-state index in [1.807, 2.05) is 52.0 Å². The van der Waals surface area contributed by atoms with Crippen molar-refractivity contribution in [3.63, 3.8) is 0 Å². The maximum Gasteiger partial charge on any atom is 0.233 e. The molecule has 21 heavy (non-hydrogen) atoms. The number of nitrogens with zero attached hydrogens (tertiary/aromatic N) is 1. The number of pyridine rings is 1. The van der Waals surface area contributed by atoms with Crippen LogP contribution >= 0.6 is 11.8 Å². The van der Waals surface area contributed by atoms with Gasteiger partial charge in [-0.05, 0) is 52.3 Å². The number of carbonyl (C=O) groups excluding carboxylic acids is 1. The van der Waals surface area contributed by atoms with Gasteiger partial charge in [-0.2, -0.15) is 0 Å². The number of benzene rings is 1. The van der Waals surface area contributed by atoms with E-state index in [0.717, 1.165) is 15.9 Å². The second-order valence-electron chi connectivity index (χ2n) is 6.29. The summed E-state index contributed by atoms with van der Waals surface area (Å²) in [6, 6.07) is 10.1. The second kappa shape index (κ2) is 6.06. The molecule has 1 aromatic carbocycles. The van der Waals surface area contributed by atoms with Gasteiger partial charge < -0.3 is 5.32 Å². The van der Waals surface area contributed by atoms with Crippen LogP contribution < -0.4 is 5.32 Å². The molecule has 1 atom stereocenters. The number of hydrogen-bond donors (Lipinski definition) is 1. The molecule has 1 aromatic heterocycles. The number of rotatable bonds is 3. The summed E-state index contributed by atoms with van der Waals surface area (Å²) in [6.45, 7) is 9.95. The van der Waals surface area contributed by atoms with Crippen molar-refractivity contribution in [2.45, 2.75) is 50.4 Å². The van der Waals surface area contributed by atoms with Crippen molar-refractivity contribution in [1.82, 2.24) is 10.3 Å². The third kappa shape index (κ3) is 4.21. The Labute approximate surface area is 130 Å². The van der Waals surface area contributed by atoms with Crippen LogP contribution in [-0.2, 0) is 4.79 Å². The molecule has 0 fully saturated rings. The lowest BCUT2D eigenvalue weighted by molar-refractivity contribution is -0.121. The summed E-state index contributed by atoms with van der Waals surface area (Å²) in [5, 5.41) is 4.89. The minimum absolute atomic E-state index is 0.0418. The molecule has 2 aromatic rings. The van der Waals surface area contributed by atoms with Crippen molar-refractivity contribution in [2.75, 3.05) is 0 Å². The van der Waals surface area contributed by atoms with Gasteiger partial charge in [0, 0.05) is 10.9 Å². The number of thioether (sulfide) groups is 1. The maximum atomic E-state index is 12.2. The van der Waals surface area contributed by atoms with Gasteiger partial charge in [-0.3, -0.25) is 4.79 Å². The SMILES string of the molecule is Cc1cc(SC(C)C(=O)NC(C)(C)C)nc2ccccc12. The molecule has 3 nitrogen and oxygen atoms in total. The predicted octanol–water partition coefficient (Wildman–Crippen LogP) is 3.94. The Bertz CT molecular complexity index is 661. The first-order valence-electron chi connectivity index (χ1n) is 7.11. The Morgan fingerprint density at radius 3 is 2.62 bits per heavy atom. The molecule has 0 spiro atoms. The third-order valence-corrected chi connectivity index (χ3v) is 4.08. The van der Waals surface area contributed by atoms with E-state index in [1.54, 1.807) is 0 Å². The van der Waals surface area contributed by atoms with Crippen molar-refractivity contribution in [3.8, 4) is 0 Å². The summed E-state index contributed by atoms with van der Waals surface area (Å²) in [7, 11) is 0. The lowest BCUT2D eigenvalue weighted by Crippen LogP contribution is -2.44. The van der Waals surface area contributed by atoms with E-state index in [9.17, 15) is 4.79 Å². The topological polar surface area (TPSA) is 42.0 Å². The van der Waals surface area contributed by atoms with E-state index < -0.39 is 0 Å². The molecule has 0 saturated heterocycles. The van der Waals surface area contributed by atoms with E-state index in [4.69, 9.17) is 0 Å². The highest BCUT2D eigenvalue weighted by Gasteiger charge is 2.20. The third-order valence-electron chi connectivity index (χ3n) is 3.06. The van der Waals surface area contributed by atoms with Gasteiger partial charge >= 0.3 is 0 Å². The van der Waals surface area contributed by atoms with Gasteiger partial charge in [0.25, 0.3) is 0 Å². The molecule has 0 aliphatic carbocycles. The number of para-hydroxylation sites is 1. The van der Waals surface area contributed by atoms with Gasteiger partial charge in [0.1, 0.15) is 0 Å². The molecule has 0 saturated carbocycles. The fraction of sp³-hybridized carbons (Fsp3) is 0.412. The van der Waals surface area contributed by atoms with Gasteiger partial charge in [-0.15, -0.1) is 0 Å². The first-order valence-corrected chi connectivity index (χ1v) is 7.99. The number of aromatic nitrogens is 1. The molecule has 112 valence electrons. The van der Waals surface area contributed by atoms with Crippen molar-refractivity contribution >= 4 is 28.6 Å². The summed E-state index contributed by atoms with van der Waals surface area (Å²) >= 11 is 1.50. The molecule has 1 unspecified atom stereocenters. The minimum atomic E-state index is -0.210. The molecule has 1 amide bonds. The number of carbonyl (C=O) groups is 1. The summed E-state index contributed by atoms with van der Waals surface area (Å²) in [4.78, 5) is 16.8. The number of amides is 1. The summed E-state index contributed by atoms with van der Waals surface area (Å²) in [5.74, 6) is 0.0418. The van der Waals surface area contributed by atoms with E-state index in [-0.39, 0.29) is 16.7 Å². The van der Waals surface area contributed by atoms with E-state index in [2.05, 4.69) is 23.3 Å². The van der Waals surface area contributed by atoms with Gasteiger partial charge in [-0.25, -0.2) is 4.98 Å². The molecule has 2 rings (SSSR count). The standard InChI is InChI=1S/C17H22N2OS/c1-11-10-15(18-14-9-7-6-8-13(11)14)21-12(2)16(20)19-17(3,4)5/h6-10,12H,1-5H3,(H,19,20). The van der Waals surface area contributed by atoms with E-state index in [1.165, 1.54) is 17.3 Å². The zero-order chi connectivity index (χ0) is 15.6. The van der Waals surface area contributed by atoms with Crippen LogP contribution in [0.15, 0.2) is 35.4 Å². The van der Waals surface area contributed by atoms with Crippen LogP contribution in [0.1, 0.15) is 33.3 Å². The molecule has 0 bridgehead atoms. The van der Waals surface area contributed by atoms with Crippen LogP contribution in [0.2, 0.25) is 0 Å². The molecule has 4 heteroatoms. The Balaban J connectivity index is 2.18. The molecule has 0 aliphatic rings. The molecule has 1 heterocycles. The lowest BCUT2D eigenvalue weighted by atomic mass is 10.1. The number of fused-ring (bicyclic) bond motifs is 1. The van der Waals surface area contributed by atoms with Gasteiger partial charge in [-0.1, -0.05) is 30.0 Å². The van der Waals surface area contributed by atoms with E-state index >= 15 is 0 Å². The largest absolute Gasteiger partial charge is 0.351 e. The zero-order valence-electron chi connectivity index (χ0n) is 13.2. The predicted molar refractivity (Wildman–Crippen MR) is 89.7 cm³/mol. The summed E-state index contributed by atoms with van der Waals surface area (Å²) in [5.41, 5.74) is 1.95. The van der Waals surface area contributed by atoms with Gasteiger partial charge in [0.05, 0.1) is 15.8 Å². The quantitative estimate of drug-likeness (QED) is 0.873. The lowest BCUT2D eigenvalue weighted by Gasteiger charge is -2.23. The van der Waals surface area contributed by atoms with Crippen LogP contribution in [0, 0.1) is 6.92 Å². The summed E-state index contributed by atoms with van der Waals surface area (Å²) < 4.78 is 0. The molecule has 0 aliphatic heterocycles. The number of nitrogens with one attached hydrogen (secondary N) is 1. The fourth-order valence-corrected chi connectivity index (χ4v) is 3.01. The van der Waals surface area contributed by atoms with Crippen LogP contribution in [0.25, 0.3) is 10.9 Å².